The van der Waals surface area contributed by atoms with E-state index in [0.717, 1.165) is 6.42 Å². The summed E-state index contributed by atoms with van der Waals surface area (Å²) >= 11 is 0. The summed E-state index contributed by atoms with van der Waals surface area (Å²) in [7, 11) is 0. The summed E-state index contributed by atoms with van der Waals surface area (Å²) in [5.74, 6) is -0.0215. The van der Waals surface area contributed by atoms with Gasteiger partial charge in [-0.3, -0.25) is 9.20 Å². The van der Waals surface area contributed by atoms with Crippen LogP contribution in [0.15, 0.2) is 24.5 Å². The van der Waals surface area contributed by atoms with Crippen LogP contribution in [0.5, 0.6) is 0 Å². The Balaban J connectivity index is 1.65. The van der Waals surface area contributed by atoms with Crippen LogP contribution in [-0.4, -0.2) is 63.4 Å². The fourth-order valence-corrected chi connectivity index (χ4v) is 3.37. The van der Waals surface area contributed by atoms with Crippen LogP contribution in [-0.2, 0) is 9.47 Å². The quantitative estimate of drug-likeness (QED) is 0.777. The maximum absolute atomic E-state index is 13.0. The Morgan fingerprint density at radius 3 is 3.18 bits per heavy atom. The molecule has 2 aliphatic heterocycles. The zero-order valence-electron chi connectivity index (χ0n) is 12.4. The van der Waals surface area contributed by atoms with E-state index in [0.29, 0.717) is 37.6 Å². The van der Waals surface area contributed by atoms with Crippen molar-refractivity contribution < 1.29 is 14.3 Å². The second kappa shape index (κ2) is 5.03. The lowest BCUT2D eigenvalue weighted by molar-refractivity contribution is -0.138. The Labute approximate surface area is 127 Å². The van der Waals surface area contributed by atoms with E-state index in [4.69, 9.17) is 9.47 Å². The van der Waals surface area contributed by atoms with Gasteiger partial charge in [0.1, 0.15) is 17.6 Å². The van der Waals surface area contributed by atoms with Crippen molar-refractivity contribution in [3.63, 3.8) is 0 Å². The molecule has 2 aromatic heterocycles. The summed E-state index contributed by atoms with van der Waals surface area (Å²) in [5, 5.41) is 7.86. The Kier molecular flexibility index (Phi) is 3.12. The number of hydrogen-bond donors (Lipinski definition) is 0. The lowest BCUT2D eigenvalue weighted by Gasteiger charge is -2.42. The van der Waals surface area contributed by atoms with Crippen molar-refractivity contribution in [3.05, 3.63) is 30.2 Å². The molecular weight excluding hydrogens is 284 g/mol. The fourth-order valence-electron chi connectivity index (χ4n) is 3.37. The molecule has 0 bridgehead atoms. The Morgan fingerprint density at radius 1 is 1.45 bits per heavy atom. The molecule has 0 radical (unpaired) electrons. The van der Waals surface area contributed by atoms with Gasteiger partial charge in [0.2, 0.25) is 0 Å². The molecule has 1 amide bonds. The van der Waals surface area contributed by atoms with Gasteiger partial charge in [-0.2, -0.15) is 0 Å². The molecule has 2 unspecified atom stereocenters. The first-order valence-corrected chi connectivity index (χ1v) is 7.50. The summed E-state index contributed by atoms with van der Waals surface area (Å²) in [6, 6.07) is 5.46. The van der Waals surface area contributed by atoms with Gasteiger partial charge in [0.15, 0.2) is 5.65 Å². The SMILES string of the molecule is CC1CN(C(=O)c2cccc3nncn23)CC2(CCOC2)O1. The van der Waals surface area contributed by atoms with E-state index >= 15 is 0 Å². The molecule has 2 aliphatic rings. The standard InChI is InChI=1S/C15H18N4O3/c1-11-7-18(8-15(22-11)5-6-21-9-15)14(20)12-3-2-4-13-17-16-10-19(12)13/h2-4,10-11H,5-9H2,1H3. The van der Waals surface area contributed by atoms with Crippen LogP contribution in [0.25, 0.3) is 5.65 Å². The van der Waals surface area contributed by atoms with Gasteiger partial charge < -0.3 is 14.4 Å². The number of nitrogens with zero attached hydrogens (tertiary/aromatic N) is 4. The smallest absolute Gasteiger partial charge is 0.271 e. The third kappa shape index (κ3) is 2.17. The Hall–Kier alpha value is -1.99. The maximum Gasteiger partial charge on any atom is 0.271 e. The van der Waals surface area contributed by atoms with E-state index in [2.05, 4.69) is 10.2 Å². The highest BCUT2D eigenvalue weighted by atomic mass is 16.6. The zero-order chi connectivity index (χ0) is 15.2. The summed E-state index contributed by atoms with van der Waals surface area (Å²) in [6.45, 7) is 4.39. The van der Waals surface area contributed by atoms with E-state index in [1.165, 1.54) is 0 Å². The van der Waals surface area contributed by atoms with Crippen molar-refractivity contribution in [1.29, 1.82) is 0 Å². The largest absolute Gasteiger partial charge is 0.378 e. The van der Waals surface area contributed by atoms with Crippen LogP contribution >= 0.6 is 0 Å². The third-order valence-corrected chi connectivity index (χ3v) is 4.31. The van der Waals surface area contributed by atoms with Gasteiger partial charge in [0.05, 0.1) is 19.3 Å². The number of rotatable bonds is 1. The van der Waals surface area contributed by atoms with Crippen molar-refractivity contribution in [2.24, 2.45) is 0 Å². The predicted octanol–water partition coefficient (Wildman–Crippen LogP) is 0.749. The van der Waals surface area contributed by atoms with Crippen molar-refractivity contribution in [1.82, 2.24) is 19.5 Å². The predicted molar refractivity (Wildman–Crippen MR) is 77.6 cm³/mol. The minimum atomic E-state index is -0.353. The van der Waals surface area contributed by atoms with Crippen LogP contribution in [0.4, 0.5) is 0 Å². The van der Waals surface area contributed by atoms with Crippen molar-refractivity contribution in [2.45, 2.75) is 25.0 Å². The van der Waals surface area contributed by atoms with E-state index in [9.17, 15) is 4.79 Å². The van der Waals surface area contributed by atoms with E-state index in [-0.39, 0.29) is 17.6 Å². The summed E-state index contributed by atoms with van der Waals surface area (Å²) in [4.78, 5) is 14.8. The van der Waals surface area contributed by atoms with Gasteiger partial charge in [-0.05, 0) is 19.1 Å². The van der Waals surface area contributed by atoms with E-state index < -0.39 is 0 Å². The first kappa shape index (κ1) is 13.7. The normalized spacial score (nSPS) is 28.6. The Morgan fingerprint density at radius 2 is 2.36 bits per heavy atom. The minimum Gasteiger partial charge on any atom is -0.378 e. The number of pyridine rings is 1. The average molecular weight is 302 g/mol. The van der Waals surface area contributed by atoms with Crippen LogP contribution in [0.3, 0.4) is 0 Å². The first-order chi connectivity index (χ1) is 10.7. The number of ether oxygens (including phenoxy) is 2. The average Bonchev–Trinajstić information content (AvgIpc) is 3.14. The second-order valence-corrected chi connectivity index (χ2v) is 6.07. The van der Waals surface area contributed by atoms with Gasteiger partial charge in [-0.1, -0.05) is 6.07 Å². The fraction of sp³-hybridized carbons (Fsp3) is 0.533. The van der Waals surface area contributed by atoms with Crippen molar-refractivity contribution in [3.8, 4) is 0 Å². The number of amides is 1. The van der Waals surface area contributed by atoms with Crippen molar-refractivity contribution >= 4 is 11.6 Å². The van der Waals surface area contributed by atoms with Gasteiger partial charge in [0.25, 0.3) is 5.91 Å². The van der Waals surface area contributed by atoms with Crippen molar-refractivity contribution in [2.75, 3.05) is 26.3 Å². The zero-order valence-corrected chi connectivity index (χ0v) is 12.4. The molecule has 22 heavy (non-hydrogen) atoms. The highest BCUT2D eigenvalue weighted by molar-refractivity contribution is 5.93. The molecule has 0 N–H and O–H groups in total. The molecule has 2 aromatic rings. The van der Waals surface area contributed by atoms with Gasteiger partial charge in [-0.25, -0.2) is 0 Å². The number of morpholine rings is 1. The molecule has 4 heterocycles. The number of fused-ring (bicyclic) bond motifs is 1. The Bertz CT molecular complexity index is 708. The molecule has 7 nitrogen and oxygen atoms in total. The van der Waals surface area contributed by atoms with Crippen LogP contribution in [0, 0.1) is 0 Å². The lowest BCUT2D eigenvalue weighted by Crippen LogP contribution is -2.57. The molecule has 0 aliphatic carbocycles. The summed E-state index contributed by atoms with van der Waals surface area (Å²) in [5.41, 5.74) is 0.894. The molecule has 2 saturated heterocycles. The molecule has 1 spiro atoms. The minimum absolute atomic E-state index is 0.000449. The summed E-state index contributed by atoms with van der Waals surface area (Å²) < 4.78 is 13.3. The number of hydrogen-bond acceptors (Lipinski definition) is 5. The topological polar surface area (TPSA) is 69.0 Å². The monoisotopic (exact) mass is 302 g/mol. The third-order valence-electron chi connectivity index (χ3n) is 4.31. The highest BCUT2D eigenvalue weighted by Crippen LogP contribution is 2.30. The molecule has 2 atom stereocenters. The van der Waals surface area contributed by atoms with Gasteiger partial charge >= 0.3 is 0 Å². The number of carbonyl (C=O) groups excluding carboxylic acids is 1. The van der Waals surface area contributed by atoms with Gasteiger partial charge in [-0.15, -0.1) is 10.2 Å². The molecular formula is C15H18N4O3. The molecule has 0 aromatic carbocycles. The molecule has 4 rings (SSSR count). The lowest BCUT2D eigenvalue weighted by atomic mass is 9.99. The van der Waals surface area contributed by atoms with Crippen LogP contribution in [0.1, 0.15) is 23.8 Å². The molecule has 2 fully saturated rings. The molecule has 7 heteroatoms. The molecule has 0 saturated carbocycles. The first-order valence-electron chi connectivity index (χ1n) is 7.50. The number of aromatic nitrogens is 3. The van der Waals surface area contributed by atoms with E-state index in [1.807, 2.05) is 24.0 Å². The maximum atomic E-state index is 13.0. The van der Waals surface area contributed by atoms with Crippen LogP contribution in [0.2, 0.25) is 0 Å². The van der Waals surface area contributed by atoms with Gasteiger partial charge in [0, 0.05) is 19.6 Å². The number of carbonyl (C=O) groups is 1. The van der Waals surface area contributed by atoms with E-state index in [1.54, 1.807) is 16.8 Å². The second-order valence-electron chi connectivity index (χ2n) is 6.07. The molecule has 116 valence electrons. The summed E-state index contributed by atoms with van der Waals surface area (Å²) in [6.07, 6.45) is 2.40. The highest BCUT2D eigenvalue weighted by Gasteiger charge is 2.44. The van der Waals surface area contributed by atoms with Crippen LogP contribution < -0.4 is 0 Å².